The molecule has 29 heavy (non-hydrogen) atoms. The third kappa shape index (κ3) is 7.73. The van der Waals surface area contributed by atoms with E-state index in [0.717, 1.165) is 49.0 Å². The van der Waals surface area contributed by atoms with E-state index >= 15 is 0 Å². The standard InChI is InChI=1S/C22H30N4O3/c1-23-21(27)18-7-4-6-17(16-18)12-14-26-22(24-2)25-13-5-15-29-20-10-8-19(28-3)9-11-20/h4,6-11,16H,5,12-15H2,1-3H3,(H,23,27)(H2,24,25,26). The summed E-state index contributed by atoms with van der Waals surface area (Å²) < 4.78 is 10.8. The Labute approximate surface area is 172 Å². The molecule has 7 nitrogen and oxygen atoms in total. The minimum atomic E-state index is -0.0749. The first kappa shape index (κ1) is 22.1. The van der Waals surface area contributed by atoms with Gasteiger partial charge in [-0.25, -0.2) is 0 Å². The predicted octanol–water partition coefficient (Wildman–Crippen LogP) is 2.23. The Balaban J connectivity index is 1.64. The summed E-state index contributed by atoms with van der Waals surface area (Å²) in [6.45, 7) is 2.09. The molecule has 156 valence electrons. The molecule has 7 heteroatoms. The van der Waals surface area contributed by atoms with Crippen molar-refractivity contribution in [3.05, 3.63) is 59.7 Å². The molecule has 0 radical (unpaired) electrons. The zero-order valence-corrected chi connectivity index (χ0v) is 17.3. The van der Waals surface area contributed by atoms with Gasteiger partial charge in [-0.2, -0.15) is 0 Å². The number of rotatable bonds is 10. The maximum Gasteiger partial charge on any atom is 0.251 e. The molecule has 0 saturated carbocycles. The molecule has 1 amide bonds. The highest BCUT2D eigenvalue weighted by molar-refractivity contribution is 5.94. The number of guanidine groups is 1. The highest BCUT2D eigenvalue weighted by Gasteiger charge is 2.04. The number of amides is 1. The van der Waals surface area contributed by atoms with Crippen LogP contribution in [0.3, 0.4) is 0 Å². The van der Waals surface area contributed by atoms with Crippen molar-refractivity contribution in [3.8, 4) is 11.5 Å². The molecule has 0 aliphatic rings. The van der Waals surface area contributed by atoms with Crippen LogP contribution < -0.4 is 25.4 Å². The Bertz CT molecular complexity index is 791. The number of nitrogens with zero attached hydrogens (tertiary/aromatic N) is 1. The lowest BCUT2D eigenvalue weighted by molar-refractivity contribution is 0.0963. The Kier molecular flexibility index (Phi) is 9.35. The second-order valence-electron chi connectivity index (χ2n) is 6.33. The van der Waals surface area contributed by atoms with Crippen molar-refractivity contribution in [2.75, 3.05) is 40.9 Å². The summed E-state index contributed by atoms with van der Waals surface area (Å²) in [5, 5.41) is 9.20. The van der Waals surface area contributed by atoms with Gasteiger partial charge in [0.1, 0.15) is 11.5 Å². The van der Waals surface area contributed by atoms with Crippen LogP contribution in [0.15, 0.2) is 53.5 Å². The first-order valence-corrected chi connectivity index (χ1v) is 9.68. The van der Waals surface area contributed by atoms with Gasteiger partial charge >= 0.3 is 0 Å². The van der Waals surface area contributed by atoms with Gasteiger partial charge in [0.05, 0.1) is 13.7 Å². The van der Waals surface area contributed by atoms with Gasteiger partial charge in [-0.3, -0.25) is 9.79 Å². The molecule has 0 aliphatic heterocycles. The predicted molar refractivity (Wildman–Crippen MR) is 116 cm³/mol. The fourth-order valence-electron chi connectivity index (χ4n) is 2.70. The van der Waals surface area contributed by atoms with E-state index in [4.69, 9.17) is 9.47 Å². The van der Waals surface area contributed by atoms with Crippen LogP contribution in [-0.2, 0) is 6.42 Å². The van der Waals surface area contributed by atoms with E-state index in [1.807, 2.05) is 48.5 Å². The van der Waals surface area contributed by atoms with E-state index in [1.54, 1.807) is 21.2 Å². The van der Waals surface area contributed by atoms with Crippen LogP contribution in [-0.4, -0.2) is 52.8 Å². The first-order valence-electron chi connectivity index (χ1n) is 9.68. The first-order chi connectivity index (χ1) is 14.2. The molecule has 0 bridgehead atoms. The van der Waals surface area contributed by atoms with E-state index in [9.17, 15) is 4.79 Å². The van der Waals surface area contributed by atoms with Crippen molar-refractivity contribution in [3.63, 3.8) is 0 Å². The zero-order chi connectivity index (χ0) is 20.9. The van der Waals surface area contributed by atoms with Crippen LogP contribution in [0, 0.1) is 0 Å². The number of hydrogen-bond donors (Lipinski definition) is 3. The van der Waals surface area contributed by atoms with Gasteiger partial charge in [0.15, 0.2) is 5.96 Å². The molecule has 0 atom stereocenters. The molecule has 0 fully saturated rings. The second-order valence-corrected chi connectivity index (χ2v) is 6.33. The third-order valence-corrected chi connectivity index (χ3v) is 4.29. The van der Waals surface area contributed by atoms with Gasteiger partial charge < -0.3 is 25.4 Å². The molecule has 0 heterocycles. The number of carbonyl (C=O) groups excluding carboxylic acids is 1. The lowest BCUT2D eigenvalue weighted by Gasteiger charge is -2.12. The van der Waals surface area contributed by atoms with Crippen molar-refractivity contribution in [1.82, 2.24) is 16.0 Å². The van der Waals surface area contributed by atoms with Crippen LogP contribution in [0.25, 0.3) is 0 Å². The Morgan fingerprint density at radius 3 is 2.45 bits per heavy atom. The highest BCUT2D eigenvalue weighted by atomic mass is 16.5. The van der Waals surface area contributed by atoms with Gasteiger partial charge in [0.2, 0.25) is 0 Å². The van der Waals surface area contributed by atoms with Crippen molar-refractivity contribution in [2.45, 2.75) is 12.8 Å². The highest BCUT2D eigenvalue weighted by Crippen LogP contribution is 2.16. The molecule has 2 rings (SSSR count). The van der Waals surface area contributed by atoms with E-state index < -0.39 is 0 Å². The van der Waals surface area contributed by atoms with Crippen molar-refractivity contribution in [2.24, 2.45) is 4.99 Å². The monoisotopic (exact) mass is 398 g/mol. The molecule has 0 spiro atoms. The van der Waals surface area contributed by atoms with Crippen LogP contribution in [0.1, 0.15) is 22.3 Å². The number of carbonyl (C=O) groups is 1. The van der Waals surface area contributed by atoms with E-state index in [-0.39, 0.29) is 5.91 Å². The lowest BCUT2D eigenvalue weighted by atomic mass is 10.1. The molecule has 0 unspecified atom stereocenters. The zero-order valence-electron chi connectivity index (χ0n) is 17.3. The third-order valence-electron chi connectivity index (χ3n) is 4.29. The molecule has 0 aromatic heterocycles. The molecule has 3 N–H and O–H groups in total. The van der Waals surface area contributed by atoms with E-state index in [0.29, 0.717) is 12.2 Å². The quantitative estimate of drug-likeness (QED) is 0.325. The average Bonchev–Trinajstić information content (AvgIpc) is 2.77. The molecule has 2 aromatic carbocycles. The summed E-state index contributed by atoms with van der Waals surface area (Å²) in [4.78, 5) is 15.9. The summed E-state index contributed by atoms with van der Waals surface area (Å²) in [5.41, 5.74) is 1.77. The molecule has 0 aliphatic carbocycles. The van der Waals surface area contributed by atoms with E-state index in [2.05, 4.69) is 20.9 Å². The average molecular weight is 399 g/mol. The van der Waals surface area contributed by atoms with Gasteiger partial charge in [-0.1, -0.05) is 12.1 Å². The maximum atomic E-state index is 11.7. The number of aliphatic imine (C=N–C) groups is 1. The number of hydrogen-bond acceptors (Lipinski definition) is 4. The fraction of sp³-hybridized carbons (Fsp3) is 0.364. The summed E-state index contributed by atoms with van der Waals surface area (Å²) >= 11 is 0. The lowest BCUT2D eigenvalue weighted by Crippen LogP contribution is -2.39. The molecule has 2 aromatic rings. The molecular weight excluding hydrogens is 368 g/mol. The van der Waals surface area contributed by atoms with Crippen molar-refractivity contribution >= 4 is 11.9 Å². The summed E-state index contributed by atoms with van der Waals surface area (Å²) in [6.07, 6.45) is 1.65. The minimum Gasteiger partial charge on any atom is -0.497 e. The van der Waals surface area contributed by atoms with Crippen LogP contribution in [0.4, 0.5) is 0 Å². The Morgan fingerprint density at radius 1 is 1.03 bits per heavy atom. The summed E-state index contributed by atoms with van der Waals surface area (Å²) in [7, 11) is 5.02. The number of methoxy groups -OCH3 is 1. The van der Waals surface area contributed by atoms with Gasteiger partial charge in [0.25, 0.3) is 5.91 Å². The smallest absolute Gasteiger partial charge is 0.251 e. The number of benzene rings is 2. The van der Waals surface area contributed by atoms with Crippen LogP contribution in [0.5, 0.6) is 11.5 Å². The number of ether oxygens (including phenoxy) is 2. The Hall–Kier alpha value is -3.22. The topological polar surface area (TPSA) is 84.0 Å². The van der Waals surface area contributed by atoms with Crippen LogP contribution in [0.2, 0.25) is 0 Å². The summed E-state index contributed by atoms with van der Waals surface area (Å²) in [5.74, 6) is 2.31. The van der Waals surface area contributed by atoms with E-state index in [1.165, 1.54) is 0 Å². The van der Waals surface area contributed by atoms with Crippen molar-refractivity contribution < 1.29 is 14.3 Å². The normalized spacial score (nSPS) is 10.9. The van der Waals surface area contributed by atoms with Gasteiger partial charge in [0, 0.05) is 32.7 Å². The molecular formula is C22H30N4O3. The second kappa shape index (κ2) is 12.3. The number of nitrogens with one attached hydrogen (secondary N) is 3. The van der Waals surface area contributed by atoms with Gasteiger partial charge in [-0.15, -0.1) is 0 Å². The van der Waals surface area contributed by atoms with Gasteiger partial charge in [-0.05, 0) is 54.8 Å². The SMILES string of the molecule is CN=C(NCCCOc1ccc(OC)cc1)NCCc1cccc(C(=O)NC)c1. The molecule has 0 saturated heterocycles. The fourth-order valence-corrected chi connectivity index (χ4v) is 2.70. The van der Waals surface area contributed by atoms with Crippen LogP contribution >= 0.6 is 0 Å². The maximum absolute atomic E-state index is 11.7. The minimum absolute atomic E-state index is 0.0749. The Morgan fingerprint density at radius 2 is 1.76 bits per heavy atom. The van der Waals surface area contributed by atoms with Crippen molar-refractivity contribution in [1.29, 1.82) is 0 Å². The summed E-state index contributed by atoms with van der Waals surface area (Å²) in [6, 6.07) is 15.2. The largest absolute Gasteiger partial charge is 0.497 e.